The molecule has 8 nitrogen and oxygen atoms in total. The summed E-state index contributed by atoms with van der Waals surface area (Å²) in [6.07, 6.45) is 8.79. The molecular weight excluding hydrogens is 462 g/mol. The molecule has 0 bridgehead atoms. The quantitative estimate of drug-likeness (QED) is 0.558. The first kappa shape index (κ1) is 23.4. The fourth-order valence-electron chi connectivity index (χ4n) is 4.77. The Labute approximate surface area is 210 Å². The second-order valence-corrected chi connectivity index (χ2v) is 10.6. The summed E-state index contributed by atoms with van der Waals surface area (Å²) >= 11 is 6.28. The highest BCUT2D eigenvalue weighted by Gasteiger charge is 2.39. The summed E-state index contributed by atoms with van der Waals surface area (Å²) in [5, 5.41) is 17.1. The molecule has 2 atom stereocenters. The average molecular weight is 492 g/mol. The van der Waals surface area contributed by atoms with Crippen LogP contribution in [0.15, 0.2) is 48.7 Å². The Morgan fingerprint density at radius 1 is 1.17 bits per heavy atom. The van der Waals surface area contributed by atoms with Gasteiger partial charge in [-0.1, -0.05) is 29.8 Å². The Morgan fingerprint density at radius 2 is 2.00 bits per heavy atom. The molecule has 0 aliphatic carbocycles. The number of carbonyl (C=O) groups is 1. The summed E-state index contributed by atoms with van der Waals surface area (Å²) in [5.41, 5.74) is 2.80. The van der Waals surface area contributed by atoms with Crippen molar-refractivity contribution in [3.05, 3.63) is 76.6 Å². The number of aryl methyl sites for hydroxylation is 2. The number of fused-ring (bicyclic) bond motifs is 3. The number of hydrogen-bond acceptors (Lipinski definition) is 5. The molecule has 2 aliphatic heterocycles. The van der Waals surface area contributed by atoms with E-state index in [0.29, 0.717) is 19.5 Å². The van der Waals surface area contributed by atoms with E-state index in [0.717, 1.165) is 33.6 Å². The van der Waals surface area contributed by atoms with E-state index in [1.165, 1.54) is 0 Å². The van der Waals surface area contributed by atoms with Crippen molar-refractivity contribution in [2.24, 2.45) is 0 Å². The Morgan fingerprint density at radius 3 is 2.77 bits per heavy atom. The van der Waals surface area contributed by atoms with Crippen LogP contribution in [-0.4, -0.2) is 46.9 Å². The molecule has 9 heteroatoms. The van der Waals surface area contributed by atoms with Gasteiger partial charge < -0.3 is 14.8 Å². The van der Waals surface area contributed by atoms with Crippen LogP contribution in [-0.2, 0) is 17.9 Å². The number of nitrogens with zero attached hydrogens (tertiary/aromatic N) is 6. The Bertz CT molecular complexity index is 1310. The van der Waals surface area contributed by atoms with Crippen molar-refractivity contribution in [3.8, 4) is 0 Å². The van der Waals surface area contributed by atoms with Gasteiger partial charge in [0, 0.05) is 36.3 Å². The molecular formula is C26H30ClN7O. The lowest BCUT2D eigenvalue weighted by Gasteiger charge is -2.33. The predicted molar refractivity (Wildman–Crippen MR) is 136 cm³/mol. The van der Waals surface area contributed by atoms with Crippen LogP contribution in [0.4, 0.5) is 0 Å². The van der Waals surface area contributed by atoms with Crippen molar-refractivity contribution in [2.45, 2.75) is 64.8 Å². The van der Waals surface area contributed by atoms with Crippen LogP contribution in [0.5, 0.6) is 0 Å². The van der Waals surface area contributed by atoms with Gasteiger partial charge in [0.1, 0.15) is 11.5 Å². The van der Waals surface area contributed by atoms with Gasteiger partial charge >= 0.3 is 0 Å². The van der Waals surface area contributed by atoms with Crippen molar-refractivity contribution in [2.75, 3.05) is 0 Å². The second-order valence-electron chi connectivity index (χ2n) is 10.1. The number of carbonyl (C=O) groups excluding carboxylic acids is 1. The molecule has 0 fully saturated rings. The van der Waals surface area contributed by atoms with E-state index in [2.05, 4.69) is 43.2 Å². The maximum atomic E-state index is 12.3. The molecule has 0 saturated heterocycles. The number of benzene rings is 1. The normalized spacial score (nSPS) is 18.9. The molecule has 2 aromatic heterocycles. The first-order valence-corrected chi connectivity index (χ1v) is 12.2. The molecule has 0 saturated carbocycles. The van der Waals surface area contributed by atoms with Crippen LogP contribution in [0, 0.1) is 6.92 Å². The van der Waals surface area contributed by atoms with E-state index in [4.69, 9.17) is 16.7 Å². The third-order valence-electron chi connectivity index (χ3n) is 6.21. The highest BCUT2D eigenvalue weighted by atomic mass is 35.5. The minimum absolute atomic E-state index is 0.0176. The summed E-state index contributed by atoms with van der Waals surface area (Å²) in [6, 6.07) is 10.1. The molecule has 2 aliphatic rings. The molecule has 0 spiro atoms. The van der Waals surface area contributed by atoms with Gasteiger partial charge in [0.2, 0.25) is 5.91 Å². The smallest absolute Gasteiger partial charge is 0.222 e. The maximum absolute atomic E-state index is 12.3. The molecule has 1 N–H and O–H groups in total. The summed E-state index contributed by atoms with van der Waals surface area (Å²) in [6.45, 7) is 9.13. The van der Waals surface area contributed by atoms with Gasteiger partial charge in [-0.15, -0.1) is 10.2 Å². The van der Waals surface area contributed by atoms with Crippen LogP contribution >= 0.6 is 11.6 Å². The van der Waals surface area contributed by atoms with Crippen molar-refractivity contribution < 1.29 is 4.79 Å². The topological polar surface area (TPSA) is 80.9 Å². The minimum Gasteiger partial charge on any atom is -0.357 e. The van der Waals surface area contributed by atoms with E-state index in [1.54, 1.807) is 0 Å². The zero-order chi connectivity index (χ0) is 24.7. The third-order valence-corrected chi connectivity index (χ3v) is 6.44. The zero-order valence-corrected chi connectivity index (χ0v) is 21.2. The molecule has 1 aromatic carbocycles. The summed E-state index contributed by atoms with van der Waals surface area (Å²) < 4.78 is 4.01. The lowest BCUT2D eigenvalue weighted by molar-refractivity contribution is -0.122. The third kappa shape index (κ3) is 4.89. The molecule has 5 rings (SSSR count). The van der Waals surface area contributed by atoms with Gasteiger partial charge in [0.05, 0.1) is 17.8 Å². The Hall–Kier alpha value is -3.39. The lowest BCUT2D eigenvalue weighted by Crippen LogP contribution is -2.40. The van der Waals surface area contributed by atoms with E-state index in [-0.39, 0.29) is 23.5 Å². The van der Waals surface area contributed by atoms with Gasteiger partial charge in [0.15, 0.2) is 5.82 Å². The van der Waals surface area contributed by atoms with Crippen molar-refractivity contribution in [1.82, 2.24) is 34.8 Å². The standard InChI is InChI=1S/C26H30ClN7O/c1-17-29-30-24-9-8-21-23(34(17)24)15-22(33(21)16-18-6-5-7-19(27)14-18)20-10-12-32(31-20)13-11-25(35)28-26(2,3)4/h5-10,12,14-15,21,23H,11,13,16H2,1-4H3,(H,28,35). The lowest BCUT2D eigenvalue weighted by atomic mass is 10.1. The number of amides is 1. The molecule has 182 valence electrons. The molecule has 3 aromatic rings. The molecule has 0 radical (unpaired) electrons. The van der Waals surface area contributed by atoms with Gasteiger partial charge in [-0.3, -0.25) is 9.48 Å². The Kier molecular flexibility index (Phi) is 6.01. The number of rotatable bonds is 6. The minimum atomic E-state index is -0.245. The summed E-state index contributed by atoms with van der Waals surface area (Å²) in [7, 11) is 0. The van der Waals surface area contributed by atoms with Crippen LogP contribution < -0.4 is 5.32 Å². The predicted octanol–water partition coefficient (Wildman–Crippen LogP) is 4.23. The highest BCUT2D eigenvalue weighted by Crippen LogP contribution is 2.41. The SMILES string of the molecule is Cc1nnc2n1C1C=C(c3ccn(CCC(=O)NC(C)(C)C)n3)N(Cc3cccc(Cl)c3)C1C=C2. The average Bonchev–Trinajstić information content (AvgIpc) is 3.49. The van der Waals surface area contributed by atoms with Gasteiger partial charge in [0.25, 0.3) is 0 Å². The van der Waals surface area contributed by atoms with E-state index in [1.807, 2.05) is 68.9 Å². The zero-order valence-electron chi connectivity index (χ0n) is 20.4. The summed E-state index contributed by atoms with van der Waals surface area (Å²) in [5.74, 6) is 1.76. The fourth-order valence-corrected chi connectivity index (χ4v) is 4.99. The number of nitrogens with one attached hydrogen (secondary N) is 1. The number of aromatic nitrogens is 5. The van der Waals surface area contributed by atoms with Crippen LogP contribution in [0.2, 0.25) is 5.02 Å². The fraction of sp³-hybridized carbons (Fsp3) is 0.385. The van der Waals surface area contributed by atoms with Crippen LogP contribution in [0.3, 0.4) is 0 Å². The molecule has 2 unspecified atom stereocenters. The van der Waals surface area contributed by atoms with Crippen molar-refractivity contribution in [3.63, 3.8) is 0 Å². The number of halogens is 1. The Balaban J connectivity index is 1.42. The second kappa shape index (κ2) is 9.00. The van der Waals surface area contributed by atoms with E-state index in [9.17, 15) is 4.79 Å². The highest BCUT2D eigenvalue weighted by molar-refractivity contribution is 6.30. The number of hydrogen-bond donors (Lipinski definition) is 1. The van der Waals surface area contributed by atoms with Gasteiger partial charge in [-0.05, 0) is 63.6 Å². The van der Waals surface area contributed by atoms with Crippen molar-refractivity contribution >= 4 is 29.3 Å². The van der Waals surface area contributed by atoms with Crippen LogP contribution in [0.1, 0.15) is 56.1 Å². The maximum Gasteiger partial charge on any atom is 0.222 e. The molecule has 35 heavy (non-hydrogen) atoms. The monoisotopic (exact) mass is 491 g/mol. The van der Waals surface area contributed by atoms with E-state index >= 15 is 0 Å². The van der Waals surface area contributed by atoms with Crippen molar-refractivity contribution in [1.29, 1.82) is 0 Å². The summed E-state index contributed by atoms with van der Waals surface area (Å²) in [4.78, 5) is 14.6. The van der Waals surface area contributed by atoms with Crippen LogP contribution in [0.25, 0.3) is 11.8 Å². The first-order valence-electron chi connectivity index (χ1n) is 11.9. The van der Waals surface area contributed by atoms with E-state index < -0.39 is 0 Å². The van der Waals surface area contributed by atoms with Gasteiger partial charge in [-0.25, -0.2) is 0 Å². The largest absolute Gasteiger partial charge is 0.357 e. The molecule has 1 amide bonds. The van der Waals surface area contributed by atoms with Gasteiger partial charge in [-0.2, -0.15) is 5.10 Å². The molecule has 4 heterocycles. The first-order chi connectivity index (χ1) is 16.7.